The molecule has 0 spiro atoms. The van der Waals surface area contributed by atoms with Gasteiger partial charge in [0.15, 0.2) is 5.78 Å². The van der Waals surface area contributed by atoms with Crippen LogP contribution in [0.5, 0.6) is 0 Å². The molecule has 0 amide bonds. The van der Waals surface area contributed by atoms with Crippen LogP contribution in [0.3, 0.4) is 0 Å². The largest absolute Gasteiger partial charge is 0.469 e. The number of carbonyl (C=O) groups is 3. The monoisotopic (exact) mass is 486 g/mol. The Hall–Kier alpha value is -3.21. The molecule has 36 heavy (non-hydrogen) atoms. The van der Waals surface area contributed by atoms with E-state index in [1.54, 1.807) is 0 Å². The topological polar surface area (TPSA) is 69.7 Å². The third-order valence-corrected chi connectivity index (χ3v) is 9.38. The fraction of sp³-hybridized carbons (Fsp3) is 0.452. The summed E-state index contributed by atoms with van der Waals surface area (Å²) in [5.74, 6) is -0.955. The summed E-state index contributed by atoms with van der Waals surface area (Å²) in [6.07, 6.45) is 3.14. The molecule has 188 valence electrons. The van der Waals surface area contributed by atoms with Gasteiger partial charge in [0, 0.05) is 0 Å². The van der Waals surface area contributed by atoms with Crippen molar-refractivity contribution in [1.82, 2.24) is 0 Å². The van der Waals surface area contributed by atoms with E-state index in [2.05, 4.69) is 0 Å². The number of rotatable bonds is 8. The molecule has 0 radical (unpaired) electrons. The number of allylic oxidation sites excluding steroid dienone is 2. The first-order valence-corrected chi connectivity index (χ1v) is 13.0. The number of ketones is 1. The summed E-state index contributed by atoms with van der Waals surface area (Å²) in [7, 11) is 2.73. The highest BCUT2D eigenvalue weighted by Gasteiger charge is 2.95. The lowest BCUT2D eigenvalue weighted by molar-refractivity contribution is -0.213. The summed E-state index contributed by atoms with van der Waals surface area (Å²) < 4.78 is 11.0. The third kappa shape index (κ3) is 2.40. The van der Waals surface area contributed by atoms with Crippen LogP contribution >= 0.6 is 0 Å². The number of hydrogen-bond acceptors (Lipinski definition) is 5. The van der Waals surface area contributed by atoms with Gasteiger partial charge in [-0.2, -0.15) is 0 Å². The maximum absolute atomic E-state index is 15.2. The summed E-state index contributed by atoms with van der Waals surface area (Å²) in [5, 5.41) is 0. The molecule has 3 aliphatic rings. The zero-order valence-electron chi connectivity index (χ0n) is 21.6. The van der Waals surface area contributed by atoms with Crippen molar-refractivity contribution in [2.45, 2.75) is 52.4 Å². The molecule has 2 aromatic rings. The van der Waals surface area contributed by atoms with E-state index in [1.807, 2.05) is 74.5 Å². The molecule has 2 aromatic carbocycles. The van der Waals surface area contributed by atoms with E-state index in [4.69, 9.17) is 9.47 Å². The predicted molar refractivity (Wildman–Crippen MR) is 138 cm³/mol. The van der Waals surface area contributed by atoms with Crippen LogP contribution in [0.15, 0.2) is 60.7 Å². The molecule has 5 nitrogen and oxygen atoms in total. The minimum Gasteiger partial charge on any atom is -0.469 e. The number of fused-ring (bicyclic) bond motifs is 5. The van der Waals surface area contributed by atoms with Gasteiger partial charge in [-0.1, -0.05) is 87.4 Å². The van der Waals surface area contributed by atoms with Crippen LogP contribution in [0, 0.1) is 21.7 Å². The van der Waals surface area contributed by atoms with Crippen LogP contribution in [0.25, 0.3) is 11.1 Å². The molecule has 0 unspecified atom stereocenters. The second kappa shape index (κ2) is 8.43. The molecule has 5 heteroatoms. The molecule has 3 aliphatic carbocycles. The molecule has 2 bridgehead atoms. The number of ether oxygens (including phenoxy) is 2. The first-order valence-electron chi connectivity index (χ1n) is 13.0. The van der Waals surface area contributed by atoms with E-state index in [-0.39, 0.29) is 5.78 Å². The average Bonchev–Trinajstić information content (AvgIpc) is 3.16. The third-order valence-electron chi connectivity index (χ3n) is 9.38. The molecule has 5 rings (SSSR count). The Bertz CT molecular complexity index is 1150. The number of carbonyl (C=O) groups excluding carboxylic acids is 3. The Morgan fingerprint density at radius 2 is 1.06 bits per heavy atom. The standard InChI is InChI=1S/C31H34O5/c1-5-17-28-23(21-13-9-7-10-14-21)24(22-15-11-8-12-16-22)29(18-6-2,25(28)32)31(27(34)36-4)20-19-30(28,31)26(33)35-3/h7-16H,5-6,17-20H2,1-4H3/t28-,29+,30-,31+. The van der Waals surface area contributed by atoms with Gasteiger partial charge in [0.25, 0.3) is 0 Å². The Morgan fingerprint density at radius 1 is 0.694 bits per heavy atom. The highest BCUT2D eigenvalue weighted by Crippen LogP contribution is 2.89. The molecule has 0 aliphatic heterocycles. The zero-order chi connectivity index (χ0) is 25.8. The smallest absolute Gasteiger partial charge is 0.314 e. The average molecular weight is 487 g/mol. The summed E-state index contributed by atoms with van der Waals surface area (Å²) in [6, 6.07) is 19.8. The highest BCUT2D eigenvalue weighted by molar-refractivity contribution is 6.29. The lowest BCUT2D eigenvalue weighted by Gasteiger charge is -2.63. The second-order valence-corrected chi connectivity index (χ2v) is 10.4. The fourth-order valence-corrected chi connectivity index (χ4v) is 8.51. The molecule has 0 heterocycles. The highest BCUT2D eigenvalue weighted by atomic mass is 16.5. The van der Waals surface area contributed by atoms with Gasteiger partial charge in [0.1, 0.15) is 10.8 Å². The summed E-state index contributed by atoms with van der Waals surface area (Å²) in [5.41, 5.74) is -1.33. The maximum Gasteiger partial charge on any atom is 0.314 e. The number of methoxy groups -OCH3 is 2. The fourth-order valence-electron chi connectivity index (χ4n) is 8.51. The molecule has 4 atom stereocenters. The first kappa shape index (κ1) is 24.5. The van der Waals surface area contributed by atoms with Crippen molar-refractivity contribution in [3.8, 4) is 0 Å². The number of benzene rings is 2. The van der Waals surface area contributed by atoms with E-state index in [9.17, 15) is 9.59 Å². The quantitative estimate of drug-likeness (QED) is 0.436. The molecular weight excluding hydrogens is 452 g/mol. The van der Waals surface area contributed by atoms with E-state index in [0.717, 1.165) is 22.3 Å². The summed E-state index contributed by atoms with van der Waals surface area (Å²) >= 11 is 0. The van der Waals surface area contributed by atoms with Crippen LogP contribution in [0.4, 0.5) is 0 Å². The van der Waals surface area contributed by atoms with Crippen molar-refractivity contribution in [3.63, 3.8) is 0 Å². The lowest BCUT2D eigenvalue weighted by Crippen LogP contribution is -2.69. The van der Waals surface area contributed by atoms with Gasteiger partial charge in [0.2, 0.25) is 0 Å². The number of hydrogen-bond donors (Lipinski definition) is 0. The Morgan fingerprint density at radius 3 is 1.33 bits per heavy atom. The van der Waals surface area contributed by atoms with Crippen LogP contribution < -0.4 is 0 Å². The van der Waals surface area contributed by atoms with Gasteiger partial charge in [0.05, 0.1) is 25.0 Å². The van der Waals surface area contributed by atoms with Crippen molar-refractivity contribution in [1.29, 1.82) is 0 Å². The molecule has 0 aromatic heterocycles. The first-order chi connectivity index (χ1) is 17.4. The molecule has 2 fully saturated rings. The second-order valence-electron chi connectivity index (χ2n) is 10.4. The van der Waals surface area contributed by atoms with Gasteiger partial charge in [-0.25, -0.2) is 0 Å². The molecule has 0 N–H and O–H groups in total. The Labute approximate surface area is 212 Å². The van der Waals surface area contributed by atoms with Gasteiger partial charge >= 0.3 is 11.9 Å². The minimum atomic E-state index is -1.30. The normalized spacial score (nSPS) is 32.2. The van der Waals surface area contributed by atoms with E-state index < -0.39 is 33.6 Å². The van der Waals surface area contributed by atoms with Crippen LogP contribution in [-0.4, -0.2) is 31.9 Å². The van der Waals surface area contributed by atoms with Crippen LogP contribution in [0.2, 0.25) is 0 Å². The van der Waals surface area contributed by atoms with Crippen LogP contribution in [0.1, 0.15) is 63.5 Å². The van der Waals surface area contributed by atoms with Crippen molar-refractivity contribution in [2.75, 3.05) is 14.2 Å². The summed E-state index contributed by atoms with van der Waals surface area (Å²) in [6.45, 7) is 4.07. The predicted octanol–water partition coefficient (Wildman–Crippen LogP) is 5.88. The van der Waals surface area contributed by atoms with E-state index in [1.165, 1.54) is 14.2 Å². The zero-order valence-corrected chi connectivity index (χ0v) is 21.6. The van der Waals surface area contributed by atoms with Crippen molar-refractivity contribution in [2.24, 2.45) is 21.7 Å². The summed E-state index contributed by atoms with van der Waals surface area (Å²) in [4.78, 5) is 43.2. The maximum atomic E-state index is 15.2. The van der Waals surface area contributed by atoms with Crippen molar-refractivity contribution >= 4 is 28.9 Å². The lowest BCUT2D eigenvalue weighted by atomic mass is 9.35. The van der Waals surface area contributed by atoms with Gasteiger partial charge in [-0.05, 0) is 48.0 Å². The SMILES string of the molecule is CCC[C@@]12C(=O)[C@@](CCC)(C(c3ccccc3)=C1c1ccccc1)[C@]1(C(=O)OC)CC[C@]21C(=O)OC. The Kier molecular flexibility index (Phi) is 5.73. The number of esters is 2. The minimum absolute atomic E-state index is 0.00953. The number of Topliss-reactive ketones (excluding diaryl/α,β-unsaturated/α-hetero) is 1. The van der Waals surface area contributed by atoms with Gasteiger partial charge in [-0.3, -0.25) is 14.4 Å². The molecule has 0 saturated heterocycles. The van der Waals surface area contributed by atoms with Gasteiger partial charge < -0.3 is 9.47 Å². The van der Waals surface area contributed by atoms with E-state index in [0.29, 0.717) is 38.5 Å². The molecule has 2 saturated carbocycles. The van der Waals surface area contributed by atoms with Crippen molar-refractivity contribution in [3.05, 3.63) is 71.8 Å². The molecular formula is C31H34O5. The van der Waals surface area contributed by atoms with Gasteiger partial charge in [-0.15, -0.1) is 0 Å². The van der Waals surface area contributed by atoms with Crippen LogP contribution in [-0.2, 0) is 23.9 Å². The Balaban J connectivity index is 2.04. The van der Waals surface area contributed by atoms with E-state index >= 15 is 4.79 Å². The van der Waals surface area contributed by atoms with Crippen molar-refractivity contribution < 1.29 is 23.9 Å².